The van der Waals surface area contributed by atoms with Gasteiger partial charge in [0, 0.05) is 12.6 Å². The van der Waals surface area contributed by atoms with Crippen LogP contribution in [0.15, 0.2) is 0 Å². The van der Waals surface area contributed by atoms with Crippen LogP contribution in [0.25, 0.3) is 0 Å². The largest absolute Gasteiger partial charge is 0.469 e. The van der Waals surface area contributed by atoms with E-state index in [0.717, 1.165) is 0 Å². The topological polar surface area (TPSA) is 67.4 Å². The lowest BCUT2D eigenvalue weighted by molar-refractivity contribution is -0.145. The van der Waals surface area contributed by atoms with E-state index in [1.807, 2.05) is 6.92 Å². The molecule has 5 heteroatoms. The van der Waals surface area contributed by atoms with Gasteiger partial charge in [0.25, 0.3) is 0 Å². The molecule has 1 amide bonds. The number of methoxy groups -OCH3 is 1. The van der Waals surface area contributed by atoms with Crippen LogP contribution in [0.2, 0.25) is 0 Å². The maximum Gasteiger partial charge on any atom is 0.310 e. The zero-order chi connectivity index (χ0) is 10.3. The highest BCUT2D eigenvalue weighted by Gasteiger charge is 2.52. The fourth-order valence-corrected chi connectivity index (χ4v) is 2.30. The molecule has 78 valence electrons. The van der Waals surface area contributed by atoms with Gasteiger partial charge in [-0.2, -0.15) is 0 Å². The molecule has 0 aromatic rings. The Morgan fingerprint density at radius 2 is 2.36 bits per heavy atom. The lowest BCUT2D eigenvalue weighted by atomic mass is 9.94. The second-order valence-electron chi connectivity index (χ2n) is 4.13. The van der Waals surface area contributed by atoms with Crippen LogP contribution in [0, 0.1) is 5.92 Å². The summed E-state index contributed by atoms with van der Waals surface area (Å²) in [5, 5.41) is 5.95. The molecule has 2 aliphatic rings. The molecule has 0 spiro atoms. The molecule has 2 heterocycles. The monoisotopic (exact) mass is 198 g/mol. The zero-order valence-electron chi connectivity index (χ0n) is 8.29. The number of amides is 1. The van der Waals surface area contributed by atoms with E-state index in [0.29, 0.717) is 13.0 Å². The lowest BCUT2D eigenvalue weighted by Gasteiger charge is -2.29. The van der Waals surface area contributed by atoms with E-state index in [2.05, 4.69) is 10.6 Å². The first kappa shape index (κ1) is 9.45. The number of hydrogen-bond acceptors (Lipinski definition) is 4. The number of nitrogens with one attached hydrogen (secondary N) is 2. The van der Waals surface area contributed by atoms with Crippen molar-refractivity contribution in [3.05, 3.63) is 0 Å². The predicted octanol–water partition coefficient (Wildman–Crippen LogP) is -0.974. The van der Waals surface area contributed by atoms with Crippen LogP contribution in [0.3, 0.4) is 0 Å². The third kappa shape index (κ3) is 1.19. The van der Waals surface area contributed by atoms with Gasteiger partial charge in [-0.05, 0) is 13.3 Å². The van der Waals surface area contributed by atoms with E-state index < -0.39 is 5.54 Å². The van der Waals surface area contributed by atoms with Crippen molar-refractivity contribution in [2.24, 2.45) is 5.92 Å². The first-order valence-electron chi connectivity index (χ1n) is 4.70. The number of rotatable bonds is 1. The van der Waals surface area contributed by atoms with E-state index in [1.54, 1.807) is 0 Å². The number of esters is 1. The molecule has 2 bridgehead atoms. The lowest BCUT2D eigenvalue weighted by Crippen LogP contribution is -2.60. The molecule has 2 fully saturated rings. The van der Waals surface area contributed by atoms with Gasteiger partial charge in [-0.1, -0.05) is 0 Å². The molecule has 0 radical (unpaired) electrons. The van der Waals surface area contributed by atoms with Gasteiger partial charge in [-0.15, -0.1) is 0 Å². The van der Waals surface area contributed by atoms with Crippen LogP contribution in [0.5, 0.6) is 0 Å². The van der Waals surface area contributed by atoms with Crippen LogP contribution >= 0.6 is 0 Å². The summed E-state index contributed by atoms with van der Waals surface area (Å²) in [4.78, 5) is 22.9. The van der Waals surface area contributed by atoms with E-state index in [9.17, 15) is 9.59 Å². The fourth-order valence-electron chi connectivity index (χ4n) is 2.30. The molecule has 0 aromatic heterocycles. The standard InChI is InChI=1S/C9H14N2O3/c1-9-3-5(7(12)14-2)6(11-9)4-10-8(9)13/h5-6,11H,3-4H2,1-2H3,(H,10,13)/t5-,6-,9-/m1/s1. The van der Waals surface area contributed by atoms with Crippen LogP contribution in [-0.4, -0.2) is 37.1 Å². The van der Waals surface area contributed by atoms with E-state index in [-0.39, 0.29) is 23.8 Å². The first-order chi connectivity index (χ1) is 6.57. The molecule has 0 unspecified atom stereocenters. The fraction of sp³-hybridized carbons (Fsp3) is 0.778. The number of carbonyl (C=O) groups excluding carboxylic acids is 2. The van der Waals surface area contributed by atoms with Crippen LogP contribution in [0.4, 0.5) is 0 Å². The van der Waals surface area contributed by atoms with E-state index in [4.69, 9.17) is 4.74 Å². The minimum absolute atomic E-state index is 0.0187. The molecular formula is C9H14N2O3. The molecule has 2 N–H and O–H groups in total. The average molecular weight is 198 g/mol. The molecule has 0 aromatic carbocycles. The van der Waals surface area contributed by atoms with Gasteiger partial charge < -0.3 is 10.1 Å². The summed E-state index contributed by atoms with van der Waals surface area (Å²) in [6, 6.07) is 0.0187. The van der Waals surface area contributed by atoms with Crippen molar-refractivity contribution in [2.45, 2.75) is 24.9 Å². The minimum Gasteiger partial charge on any atom is -0.469 e. The summed E-state index contributed by atoms with van der Waals surface area (Å²) >= 11 is 0. The highest BCUT2D eigenvalue weighted by Crippen LogP contribution is 2.32. The van der Waals surface area contributed by atoms with Crippen molar-refractivity contribution in [3.8, 4) is 0 Å². The molecule has 0 aliphatic carbocycles. The van der Waals surface area contributed by atoms with Crippen molar-refractivity contribution >= 4 is 11.9 Å². The molecule has 2 saturated heterocycles. The van der Waals surface area contributed by atoms with Crippen LogP contribution in [0.1, 0.15) is 13.3 Å². The van der Waals surface area contributed by atoms with Gasteiger partial charge in [-0.25, -0.2) is 0 Å². The van der Waals surface area contributed by atoms with Crippen molar-refractivity contribution in [1.29, 1.82) is 0 Å². The Balaban J connectivity index is 2.20. The molecule has 0 saturated carbocycles. The van der Waals surface area contributed by atoms with Crippen molar-refractivity contribution < 1.29 is 14.3 Å². The maximum atomic E-state index is 11.5. The van der Waals surface area contributed by atoms with Crippen molar-refractivity contribution in [1.82, 2.24) is 10.6 Å². The zero-order valence-corrected chi connectivity index (χ0v) is 8.29. The van der Waals surface area contributed by atoms with Crippen molar-refractivity contribution in [3.63, 3.8) is 0 Å². The predicted molar refractivity (Wildman–Crippen MR) is 48.5 cm³/mol. The Morgan fingerprint density at radius 1 is 1.64 bits per heavy atom. The SMILES string of the molecule is COC(=O)[C@@H]1C[C@@]2(C)N[C@@H]1CNC2=O. The first-order valence-corrected chi connectivity index (χ1v) is 4.70. The number of fused-ring (bicyclic) bond motifs is 2. The van der Waals surface area contributed by atoms with E-state index >= 15 is 0 Å². The summed E-state index contributed by atoms with van der Waals surface area (Å²) < 4.78 is 4.70. The van der Waals surface area contributed by atoms with Gasteiger partial charge in [0.15, 0.2) is 0 Å². The number of hydrogen-bond donors (Lipinski definition) is 2. The Morgan fingerprint density at radius 3 is 2.93 bits per heavy atom. The third-order valence-electron chi connectivity index (χ3n) is 3.11. The van der Waals surface area contributed by atoms with Gasteiger partial charge >= 0.3 is 5.97 Å². The van der Waals surface area contributed by atoms with Crippen LogP contribution in [-0.2, 0) is 14.3 Å². The maximum absolute atomic E-state index is 11.5. The van der Waals surface area contributed by atoms with E-state index in [1.165, 1.54) is 7.11 Å². The summed E-state index contributed by atoms with van der Waals surface area (Å²) in [6.45, 7) is 2.33. The average Bonchev–Trinajstić information content (AvgIpc) is 2.46. The smallest absolute Gasteiger partial charge is 0.310 e. The molecule has 5 nitrogen and oxygen atoms in total. The van der Waals surface area contributed by atoms with Crippen molar-refractivity contribution in [2.75, 3.05) is 13.7 Å². The Bertz CT molecular complexity index is 292. The molecule has 2 rings (SSSR count). The summed E-state index contributed by atoms with van der Waals surface area (Å²) in [5.41, 5.74) is -0.595. The molecule has 3 atom stereocenters. The molecular weight excluding hydrogens is 184 g/mol. The second kappa shape index (κ2) is 2.95. The Kier molecular flexibility index (Phi) is 1.99. The Labute approximate surface area is 82.2 Å². The summed E-state index contributed by atoms with van der Waals surface area (Å²) in [6.07, 6.45) is 0.524. The number of carbonyl (C=O) groups is 2. The number of piperazine rings is 1. The Hall–Kier alpha value is -1.10. The van der Waals surface area contributed by atoms with Crippen LogP contribution < -0.4 is 10.6 Å². The third-order valence-corrected chi connectivity index (χ3v) is 3.11. The second-order valence-corrected chi connectivity index (χ2v) is 4.13. The minimum atomic E-state index is -0.595. The van der Waals surface area contributed by atoms with Gasteiger partial charge in [0.2, 0.25) is 5.91 Å². The number of ether oxygens (including phenoxy) is 1. The van der Waals surface area contributed by atoms with Gasteiger partial charge in [0.05, 0.1) is 18.6 Å². The highest BCUT2D eigenvalue weighted by atomic mass is 16.5. The summed E-state index contributed by atoms with van der Waals surface area (Å²) in [7, 11) is 1.38. The summed E-state index contributed by atoms with van der Waals surface area (Å²) in [5.74, 6) is -0.466. The quantitative estimate of drug-likeness (QED) is 0.532. The van der Waals surface area contributed by atoms with Gasteiger partial charge in [0.1, 0.15) is 0 Å². The van der Waals surface area contributed by atoms with Gasteiger partial charge in [-0.3, -0.25) is 14.9 Å². The normalized spacial score (nSPS) is 40.6. The molecule has 2 aliphatic heterocycles. The highest BCUT2D eigenvalue weighted by molar-refractivity contribution is 5.89. The molecule has 14 heavy (non-hydrogen) atoms.